The molecule has 1 N–H and O–H groups in total. The van der Waals surface area contributed by atoms with Gasteiger partial charge in [-0.1, -0.05) is 19.6 Å². The van der Waals surface area contributed by atoms with Gasteiger partial charge in [0.25, 0.3) is 0 Å². The smallest absolute Gasteiger partial charge is 0.132 e. The lowest BCUT2D eigenvalue weighted by atomic mass is 10.7. The van der Waals surface area contributed by atoms with Crippen LogP contribution in [0.1, 0.15) is 5.82 Å². The minimum atomic E-state index is -0.935. The molecule has 0 aromatic carbocycles. The van der Waals surface area contributed by atoms with E-state index in [4.69, 9.17) is 4.74 Å². The SMILES string of the molecule is C[Si](C)(C)CCOCc1ncc[nH]1. The summed E-state index contributed by atoms with van der Waals surface area (Å²) in [5.41, 5.74) is 0. The van der Waals surface area contributed by atoms with Crippen molar-refractivity contribution in [2.75, 3.05) is 6.61 Å². The zero-order valence-electron chi connectivity index (χ0n) is 8.63. The van der Waals surface area contributed by atoms with Gasteiger partial charge in [0, 0.05) is 27.1 Å². The van der Waals surface area contributed by atoms with Crippen molar-refractivity contribution in [2.45, 2.75) is 32.3 Å². The van der Waals surface area contributed by atoms with Crippen LogP contribution >= 0.6 is 0 Å². The predicted octanol–water partition coefficient (Wildman–Crippen LogP) is 2.26. The van der Waals surface area contributed by atoms with E-state index >= 15 is 0 Å². The number of ether oxygens (including phenoxy) is 1. The molecule has 0 aliphatic rings. The van der Waals surface area contributed by atoms with Gasteiger partial charge in [0.2, 0.25) is 0 Å². The molecule has 4 heteroatoms. The second-order valence-electron chi connectivity index (χ2n) is 4.40. The van der Waals surface area contributed by atoms with E-state index < -0.39 is 8.07 Å². The van der Waals surface area contributed by atoms with Gasteiger partial charge in [-0.15, -0.1) is 0 Å². The molecule has 0 unspecified atom stereocenters. The van der Waals surface area contributed by atoms with Crippen molar-refractivity contribution in [1.29, 1.82) is 0 Å². The second-order valence-corrected chi connectivity index (χ2v) is 10.0. The summed E-state index contributed by atoms with van der Waals surface area (Å²) in [7, 11) is -0.935. The van der Waals surface area contributed by atoms with Crippen LogP contribution in [0.25, 0.3) is 0 Å². The van der Waals surface area contributed by atoms with Crippen molar-refractivity contribution in [3.8, 4) is 0 Å². The summed E-state index contributed by atoms with van der Waals surface area (Å²) in [6.07, 6.45) is 3.56. The van der Waals surface area contributed by atoms with Gasteiger partial charge in [-0.3, -0.25) is 0 Å². The van der Waals surface area contributed by atoms with E-state index in [1.165, 1.54) is 6.04 Å². The number of rotatable bonds is 5. The summed E-state index contributed by atoms with van der Waals surface area (Å²) in [6.45, 7) is 8.52. The Bertz CT molecular complexity index is 228. The molecule has 0 aliphatic heterocycles. The number of H-pyrrole nitrogens is 1. The standard InChI is InChI=1S/C9H18N2OSi/c1-13(2,3)7-6-12-8-9-10-4-5-11-9/h4-5H,6-8H2,1-3H3,(H,10,11). The third-order valence-corrected chi connectivity index (χ3v) is 3.49. The van der Waals surface area contributed by atoms with E-state index in [0.29, 0.717) is 6.61 Å². The van der Waals surface area contributed by atoms with Crippen LogP contribution in [0, 0.1) is 0 Å². The quantitative estimate of drug-likeness (QED) is 0.582. The molecule has 1 rings (SSSR count). The lowest BCUT2D eigenvalue weighted by molar-refractivity contribution is 0.128. The van der Waals surface area contributed by atoms with Crippen molar-refractivity contribution in [3.05, 3.63) is 18.2 Å². The minimum Gasteiger partial charge on any atom is -0.374 e. The Morgan fingerprint density at radius 2 is 2.23 bits per heavy atom. The van der Waals surface area contributed by atoms with Crippen LogP contribution in [-0.2, 0) is 11.3 Å². The van der Waals surface area contributed by atoms with E-state index in [0.717, 1.165) is 12.4 Å². The summed E-state index contributed by atoms with van der Waals surface area (Å²) in [5.74, 6) is 0.913. The highest BCUT2D eigenvalue weighted by Gasteiger charge is 2.11. The van der Waals surface area contributed by atoms with E-state index in [1.54, 1.807) is 6.20 Å². The topological polar surface area (TPSA) is 37.9 Å². The molecule has 0 radical (unpaired) electrons. The summed E-state index contributed by atoms with van der Waals surface area (Å²) in [4.78, 5) is 7.09. The Hall–Kier alpha value is -0.613. The Kier molecular flexibility index (Phi) is 3.68. The van der Waals surface area contributed by atoms with Crippen LogP contribution in [0.2, 0.25) is 25.7 Å². The Morgan fingerprint density at radius 3 is 2.77 bits per heavy atom. The molecule has 1 aromatic heterocycles. The lowest BCUT2D eigenvalue weighted by Gasteiger charge is -2.14. The molecule has 0 spiro atoms. The molecule has 0 amide bonds. The summed E-state index contributed by atoms with van der Waals surface area (Å²) in [6, 6.07) is 1.22. The average molecular weight is 198 g/mol. The van der Waals surface area contributed by atoms with Crippen molar-refractivity contribution in [3.63, 3.8) is 0 Å². The van der Waals surface area contributed by atoms with E-state index in [1.807, 2.05) is 6.20 Å². The highest BCUT2D eigenvalue weighted by Crippen LogP contribution is 2.07. The fourth-order valence-corrected chi connectivity index (χ4v) is 1.68. The maximum Gasteiger partial charge on any atom is 0.132 e. The van der Waals surface area contributed by atoms with Crippen molar-refractivity contribution in [2.24, 2.45) is 0 Å². The molecule has 74 valence electrons. The zero-order chi connectivity index (χ0) is 9.73. The fourth-order valence-electron chi connectivity index (χ4n) is 0.924. The summed E-state index contributed by atoms with van der Waals surface area (Å²) < 4.78 is 5.50. The predicted molar refractivity (Wildman–Crippen MR) is 56.4 cm³/mol. The third kappa shape index (κ3) is 4.85. The lowest BCUT2D eigenvalue weighted by Crippen LogP contribution is -2.21. The van der Waals surface area contributed by atoms with Crippen LogP contribution in [0.4, 0.5) is 0 Å². The maximum atomic E-state index is 5.50. The van der Waals surface area contributed by atoms with Crippen LogP contribution in [0.3, 0.4) is 0 Å². The number of hydrogen-bond acceptors (Lipinski definition) is 2. The largest absolute Gasteiger partial charge is 0.374 e. The molecular weight excluding hydrogens is 180 g/mol. The Labute approximate surface area is 80.5 Å². The van der Waals surface area contributed by atoms with Crippen molar-refractivity contribution < 1.29 is 4.74 Å². The van der Waals surface area contributed by atoms with Gasteiger partial charge >= 0.3 is 0 Å². The molecule has 0 atom stereocenters. The van der Waals surface area contributed by atoms with Gasteiger partial charge in [0.15, 0.2) is 0 Å². The molecule has 0 aliphatic carbocycles. The normalized spacial score (nSPS) is 11.9. The molecule has 0 saturated carbocycles. The van der Waals surface area contributed by atoms with Gasteiger partial charge in [-0.05, 0) is 6.04 Å². The number of aromatic nitrogens is 2. The first-order chi connectivity index (χ1) is 6.08. The molecule has 0 saturated heterocycles. The first-order valence-corrected chi connectivity index (χ1v) is 8.35. The molecular formula is C9H18N2OSi. The van der Waals surface area contributed by atoms with E-state index in [2.05, 4.69) is 29.6 Å². The molecule has 1 heterocycles. The van der Waals surface area contributed by atoms with E-state index in [9.17, 15) is 0 Å². The highest BCUT2D eigenvalue weighted by molar-refractivity contribution is 6.76. The second kappa shape index (κ2) is 4.57. The van der Waals surface area contributed by atoms with Gasteiger partial charge in [0.05, 0.1) is 0 Å². The maximum absolute atomic E-state index is 5.50. The number of nitrogens with one attached hydrogen (secondary N) is 1. The Morgan fingerprint density at radius 1 is 1.46 bits per heavy atom. The monoisotopic (exact) mass is 198 g/mol. The Balaban J connectivity index is 2.09. The average Bonchev–Trinajstić information content (AvgIpc) is 2.48. The summed E-state index contributed by atoms with van der Waals surface area (Å²) in [5, 5.41) is 0. The minimum absolute atomic E-state index is 0.609. The first-order valence-electron chi connectivity index (χ1n) is 4.64. The fraction of sp³-hybridized carbons (Fsp3) is 0.667. The van der Waals surface area contributed by atoms with Gasteiger partial charge in [-0.2, -0.15) is 0 Å². The van der Waals surface area contributed by atoms with Crippen molar-refractivity contribution >= 4 is 8.07 Å². The third-order valence-electron chi connectivity index (χ3n) is 1.79. The van der Waals surface area contributed by atoms with Gasteiger partial charge in [0.1, 0.15) is 12.4 Å². The molecule has 13 heavy (non-hydrogen) atoms. The molecule has 3 nitrogen and oxygen atoms in total. The highest BCUT2D eigenvalue weighted by atomic mass is 28.3. The molecule has 0 fully saturated rings. The number of hydrogen-bond donors (Lipinski definition) is 1. The first kappa shape index (κ1) is 10.5. The van der Waals surface area contributed by atoms with E-state index in [-0.39, 0.29) is 0 Å². The number of aromatic amines is 1. The van der Waals surface area contributed by atoms with Crippen molar-refractivity contribution in [1.82, 2.24) is 9.97 Å². The van der Waals surface area contributed by atoms with Crippen LogP contribution in [-0.4, -0.2) is 24.6 Å². The molecule has 1 aromatic rings. The zero-order valence-corrected chi connectivity index (χ0v) is 9.63. The van der Waals surface area contributed by atoms with Crippen LogP contribution in [0.5, 0.6) is 0 Å². The van der Waals surface area contributed by atoms with Crippen LogP contribution in [0.15, 0.2) is 12.4 Å². The van der Waals surface area contributed by atoms with Crippen LogP contribution < -0.4 is 0 Å². The summed E-state index contributed by atoms with van der Waals surface area (Å²) >= 11 is 0. The number of nitrogens with zero attached hydrogens (tertiary/aromatic N) is 1. The molecule has 0 bridgehead atoms. The van der Waals surface area contributed by atoms with Gasteiger partial charge < -0.3 is 9.72 Å². The van der Waals surface area contributed by atoms with Gasteiger partial charge in [-0.25, -0.2) is 4.98 Å². The number of imidazole rings is 1.